The molecule has 0 amide bonds. The number of anilines is 4. The van der Waals surface area contributed by atoms with Crippen molar-refractivity contribution in [3.05, 3.63) is 60.8 Å². The van der Waals surface area contributed by atoms with E-state index in [1.54, 1.807) is 0 Å². The zero-order chi connectivity index (χ0) is 23.7. The first-order valence-electron chi connectivity index (χ1n) is 11.7. The predicted octanol–water partition coefficient (Wildman–Crippen LogP) is 5.21. The molecule has 1 aliphatic rings. The summed E-state index contributed by atoms with van der Waals surface area (Å²) in [4.78, 5) is 12.5. The van der Waals surface area contributed by atoms with Crippen LogP contribution in [0.3, 0.4) is 0 Å². The van der Waals surface area contributed by atoms with Gasteiger partial charge in [0.25, 0.3) is 0 Å². The summed E-state index contributed by atoms with van der Waals surface area (Å²) in [5, 5.41) is 13.8. The number of nitrogen functional groups attached to an aromatic ring is 1. The molecule has 0 saturated carbocycles. The lowest BCUT2D eigenvalue weighted by atomic mass is 10.1. The zero-order valence-electron chi connectivity index (χ0n) is 19.5. The maximum Gasteiger partial charge on any atom is 0.222 e. The van der Waals surface area contributed by atoms with E-state index in [2.05, 4.69) is 75.0 Å². The lowest BCUT2D eigenvalue weighted by Crippen LogP contribution is -2.35. The van der Waals surface area contributed by atoms with Crippen molar-refractivity contribution in [2.24, 2.45) is 0 Å². The first-order chi connectivity index (χ1) is 16.5. The van der Waals surface area contributed by atoms with Crippen LogP contribution in [0.5, 0.6) is 0 Å². The van der Waals surface area contributed by atoms with Crippen molar-refractivity contribution in [1.82, 2.24) is 14.5 Å². The molecule has 1 fully saturated rings. The quantitative estimate of drug-likeness (QED) is 0.331. The molecule has 0 spiro atoms. The van der Waals surface area contributed by atoms with Crippen LogP contribution in [0.1, 0.15) is 26.7 Å². The van der Waals surface area contributed by atoms with Crippen molar-refractivity contribution in [2.45, 2.75) is 42.9 Å². The number of fused-ring (bicyclic) bond motifs is 1. The molecule has 4 N–H and O–H groups in total. The molecule has 0 radical (unpaired) electrons. The van der Waals surface area contributed by atoms with Crippen molar-refractivity contribution < 1.29 is 5.11 Å². The molecule has 176 valence electrons. The Hall–Kier alpha value is -3.23. The smallest absolute Gasteiger partial charge is 0.222 e. The summed E-state index contributed by atoms with van der Waals surface area (Å²) >= 11 is 1.81. The number of aromatic nitrogens is 3. The number of aliphatic hydroxyl groups is 1. The largest absolute Gasteiger partial charge is 0.393 e. The van der Waals surface area contributed by atoms with E-state index in [4.69, 9.17) is 5.73 Å². The fourth-order valence-corrected chi connectivity index (χ4v) is 5.28. The molecular formula is C26H30N6OS. The van der Waals surface area contributed by atoms with Crippen LogP contribution >= 0.6 is 11.8 Å². The predicted molar refractivity (Wildman–Crippen MR) is 141 cm³/mol. The van der Waals surface area contributed by atoms with Gasteiger partial charge in [-0.3, -0.25) is 0 Å². The summed E-state index contributed by atoms with van der Waals surface area (Å²) < 4.78 is 2.10. The van der Waals surface area contributed by atoms with Gasteiger partial charge in [0, 0.05) is 40.8 Å². The Morgan fingerprint density at radius 1 is 1.00 bits per heavy atom. The Bertz CT molecular complexity index is 1280. The third-order valence-electron chi connectivity index (χ3n) is 6.01. The van der Waals surface area contributed by atoms with Crippen LogP contribution in [0.15, 0.2) is 65.7 Å². The second-order valence-electron chi connectivity index (χ2n) is 8.87. The second-order valence-corrected chi connectivity index (χ2v) is 10.5. The topological polar surface area (TPSA) is 92.2 Å². The molecule has 1 aliphatic heterocycles. The van der Waals surface area contributed by atoms with Crippen LogP contribution in [-0.4, -0.2) is 44.1 Å². The zero-order valence-corrected chi connectivity index (χ0v) is 20.3. The molecule has 1 saturated heterocycles. The highest BCUT2D eigenvalue weighted by molar-refractivity contribution is 8.00. The molecule has 0 aliphatic carbocycles. The summed E-state index contributed by atoms with van der Waals surface area (Å²) in [5.41, 5.74) is 10.9. The van der Waals surface area contributed by atoms with Gasteiger partial charge in [-0.2, -0.15) is 4.98 Å². The Morgan fingerprint density at radius 2 is 1.71 bits per heavy atom. The van der Waals surface area contributed by atoms with Crippen molar-refractivity contribution in [1.29, 1.82) is 0 Å². The third-order valence-corrected chi connectivity index (χ3v) is 7.09. The van der Waals surface area contributed by atoms with E-state index < -0.39 is 0 Å². The molecular weight excluding hydrogens is 444 g/mol. The number of hydrogen-bond donors (Lipinski definition) is 3. The molecule has 5 rings (SSSR count). The van der Waals surface area contributed by atoms with Crippen LogP contribution in [-0.2, 0) is 0 Å². The summed E-state index contributed by atoms with van der Waals surface area (Å²) in [5.74, 6) is 0.919. The summed E-state index contributed by atoms with van der Waals surface area (Å²) in [6.45, 7) is 6.12. The van der Waals surface area contributed by atoms with Gasteiger partial charge in [0.1, 0.15) is 5.52 Å². The standard InChI is InChI=1S/C26H30N6OS/c1-17(2)34-23-6-4-3-5-21(23)28-25-24-22(29-26(27)30-25)13-16-32(24)19-9-7-18(8-10-19)31-14-11-20(33)12-15-31/h3-10,13,16-17,20,33H,11-12,14-15H2,1-2H3,(H3,27,28,29,30). The molecule has 8 heteroatoms. The van der Waals surface area contributed by atoms with E-state index in [1.165, 1.54) is 5.69 Å². The normalized spacial score (nSPS) is 14.8. The maximum absolute atomic E-state index is 9.80. The molecule has 34 heavy (non-hydrogen) atoms. The number of benzene rings is 2. The van der Waals surface area contributed by atoms with Gasteiger partial charge < -0.3 is 25.6 Å². The van der Waals surface area contributed by atoms with E-state index >= 15 is 0 Å². The molecule has 2 aromatic heterocycles. The molecule has 0 atom stereocenters. The van der Waals surface area contributed by atoms with Crippen molar-refractivity contribution >= 4 is 45.9 Å². The van der Waals surface area contributed by atoms with E-state index in [0.717, 1.165) is 53.2 Å². The van der Waals surface area contributed by atoms with Crippen molar-refractivity contribution in [2.75, 3.05) is 29.0 Å². The van der Waals surface area contributed by atoms with E-state index in [-0.39, 0.29) is 12.1 Å². The van der Waals surface area contributed by atoms with E-state index in [1.807, 2.05) is 36.2 Å². The van der Waals surface area contributed by atoms with Crippen LogP contribution < -0.4 is 16.0 Å². The molecule has 4 aromatic rings. The lowest BCUT2D eigenvalue weighted by Gasteiger charge is -2.31. The Morgan fingerprint density at radius 3 is 2.44 bits per heavy atom. The second kappa shape index (κ2) is 9.56. The van der Waals surface area contributed by atoms with Gasteiger partial charge in [-0.05, 0) is 55.3 Å². The first-order valence-corrected chi connectivity index (χ1v) is 12.6. The number of piperidine rings is 1. The van der Waals surface area contributed by atoms with Gasteiger partial charge >= 0.3 is 0 Å². The summed E-state index contributed by atoms with van der Waals surface area (Å²) in [6, 6.07) is 18.7. The van der Waals surface area contributed by atoms with Gasteiger partial charge in [0.05, 0.1) is 17.3 Å². The van der Waals surface area contributed by atoms with Gasteiger partial charge in [0.2, 0.25) is 5.95 Å². The van der Waals surface area contributed by atoms with E-state index in [0.29, 0.717) is 11.1 Å². The van der Waals surface area contributed by atoms with E-state index in [9.17, 15) is 5.11 Å². The summed E-state index contributed by atoms with van der Waals surface area (Å²) in [6.07, 6.45) is 3.46. The number of para-hydroxylation sites is 1. The van der Waals surface area contributed by atoms with Crippen LogP contribution in [0.4, 0.5) is 23.1 Å². The average Bonchev–Trinajstić information content (AvgIpc) is 3.25. The maximum atomic E-state index is 9.80. The Balaban J connectivity index is 1.50. The van der Waals surface area contributed by atoms with Crippen LogP contribution in [0, 0.1) is 0 Å². The van der Waals surface area contributed by atoms with Gasteiger partial charge in [-0.15, -0.1) is 11.8 Å². The average molecular weight is 475 g/mol. The first kappa shape index (κ1) is 22.6. The number of hydrogen-bond acceptors (Lipinski definition) is 7. The van der Waals surface area contributed by atoms with Gasteiger partial charge in [0.15, 0.2) is 5.82 Å². The van der Waals surface area contributed by atoms with Gasteiger partial charge in [-0.25, -0.2) is 4.98 Å². The number of nitrogens with two attached hydrogens (primary N) is 1. The Kier molecular flexibility index (Phi) is 6.34. The molecule has 3 heterocycles. The highest BCUT2D eigenvalue weighted by Crippen LogP contribution is 2.34. The molecule has 2 aromatic carbocycles. The lowest BCUT2D eigenvalue weighted by molar-refractivity contribution is 0.145. The SMILES string of the molecule is CC(C)Sc1ccccc1Nc1nc(N)nc2ccn(-c3ccc(N4CCC(O)CC4)cc3)c12. The van der Waals surface area contributed by atoms with Crippen LogP contribution in [0.2, 0.25) is 0 Å². The highest BCUT2D eigenvalue weighted by atomic mass is 32.2. The number of rotatable bonds is 6. The minimum absolute atomic E-state index is 0.177. The number of thioether (sulfide) groups is 1. The number of nitrogens with zero attached hydrogens (tertiary/aromatic N) is 4. The minimum Gasteiger partial charge on any atom is -0.393 e. The third kappa shape index (κ3) is 4.69. The van der Waals surface area contributed by atoms with Crippen molar-refractivity contribution in [3.63, 3.8) is 0 Å². The number of aliphatic hydroxyl groups excluding tert-OH is 1. The fraction of sp³-hybridized carbons (Fsp3) is 0.308. The monoisotopic (exact) mass is 474 g/mol. The van der Waals surface area contributed by atoms with Crippen molar-refractivity contribution in [3.8, 4) is 5.69 Å². The Labute approximate surface area is 204 Å². The highest BCUT2D eigenvalue weighted by Gasteiger charge is 2.18. The van der Waals surface area contributed by atoms with Gasteiger partial charge in [-0.1, -0.05) is 26.0 Å². The molecule has 7 nitrogen and oxygen atoms in total. The molecule has 0 unspecified atom stereocenters. The summed E-state index contributed by atoms with van der Waals surface area (Å²) in [7, 11) is 0. The molecule has 0 bridgehead atoms. The van der Waals surface area contributed by atoms with Crippen LogP contribution in [0.25, 0.3) is 16.7 Å². The minimum atomic E-state index is -0.177. The fourth-order valence-electron chi connectivity index (χ4n) is 4.37. The number of nitrogens with one attached hydrogen (secondary N) is 1.